The zero-order chi connectivity index (χ0) is 9.42. The zero-order valence-corrected chi connectivity index (χ0v) is 8.27. The quantitative estimate of drug-likeness (QED) is 0.534. The van der Waals surface area contributed by atoms with Crippen molar-refractivity contribution in [3.63, 3.8) is 0 Å². The molecule has 2 rings (SSSR count). The van der Waals surface area contributed by atoms with Crippen molar-refractivity contribution in [3.05, 3.63) is 16.8 Å². The molecule has 0 aromatic carbocycles. The first-order chi connectivity index (χ1) is 6.22. The van der Waals surface area contributed by atoms with Gasteiger partial charge in [-0.05, 0) is 24.8 Å². The van der Waals surface area contributed by atoms with Gasteiger partial charge in [-0.1, -0.05) is 0 Å². The molecule has 5 heteroatoms. The molecule has 0 bridgehead atoms. The molecular formula is C8H10N4S. The lowest BCUT2D eigenvalue weighted by Crippen LogP contribution is -2.10. The van der Waals surface area contributed by atoms with Gasteiger partial charge in [0.05, 0.1) is 5.39 Å². The van der Waals surface area contributed by atoms with E-state index in [1.54, 1.807) is 11.3 Å². The number of hydrogen-bond donors (Lipinski definition) is 2. The van der Waals surface area contributed by atoms with E-state index in [2.05, 4.69) is 20.8 Å². The number of aryl methyl sites for hydroxylation is 2. The van der Waals surface area contributed by atoms with Crippen molar-refractivity contribution in [2.24, 2.45) is 5.84 Å². The summed E-state index contributed by atoms with van der Waals surface area (Å²) in [6, 6.07) is 0. The third-order valence-corrected chi connectivity index (χ3v) is 2.86. The second-order valence-electron chi connectivity index (χ2n) is 2.86. The minimum absolute atomic E-state index is 0.709. The van der Waals surface area contributed by atoms with Crippen LogP contribution >= 0.6 is 11.3 Å². The molecule has 0 aliphatic carbocycles. The molecule has 3 N–H and O–H groups in total. The van der Waals surface area contributed by atoms with Crippen LogP contribution in [0.5, 0.6) is 0 Å². The number of thiophene rings is 1. The Bertz CT molecular complexity index is 449. The van der Waals surface area contributed by atoms with Gasteiger partial charge in [0.15, 0.2) is 5.82 Å². The molecule has 68 valence electrons. The van der Waals surface area contributed by atoms with Crippen LogP contribution in [0.15, 0.2) is 5.38 Å². The predicted molar refractivity (Wildman–Crippen MR) is 54.7 cm³/mol. The van der Waals surface area contributed by atoms with Crippen LogP contribution in [0.25, 0.3) is 10.2 Å². The highest BCUT2D eigenvalue weighted by Gasteiger charge is 2.08. The van der Waals surface area contributed by atoms with Crippen molar-refractivity contribution < 1.29 is 0 Å². The molecule has 0 spiro atoms. The number of nitrogens with one attached hydrogen (secondary N) is 1. The third kappa shape index (κ3) is 1.26. The monoisotopic (exact) mass is 194 g/mol. The number of nitrogens with two attached hydrogens (primary N) is 1. The topological polar surface area (TPSA) is 63.8 Å². The number of nitrogen functional groups attached to an aromatic ring is 1. The highest BCUT2D eigenvalue weighted by Crippen LogP contribution is 2.28. The molecule has 2 aromatic rings. The van der Waals surface area contributed by atoms with E-state index in [1.165, 1.54) is 0 Å². The first-order valence-corrected chi connectivity index (χ1v) is 4.79. The van der Waals surface area contributed by atoms with Crippen molar-refractivity contribution in [3.8, 4) is 0 Å². The summed E-state index contributed by atoms with van der Waals surface area (Å²) in [5, 5.41) is 3.08. The van der Waals surface area contributed by atoms with Gasteiger partial charge in [0.1, 0.15) is 10.7 Å². The van der Waals surface area contributed by atoms with Crippen LogP contribution in [0.1, 0.15) is 11.4 Å². The number of hydrogen-bond acceptors (Lipinski definition) is 5. The van der Waals surface area contributed by atoms with Gasteiger partial charge in [0.25, 0.3) is 0 Å². The Morgan fingerprint density at radius 3 is 2.85 bits per heavy atom. The summed E-state index contributed by atoms with van der Waals surface area (Å²) in [5.74, 6) is 6.82. The Labute approximate surface area is 79.8 Å². The molecule has 0 unspecified atom stereocenters. The first-order valence-electron chi connectivity index (χ1n) is 3.91. The molecular weight excluding hydrogens is 184 g/mol. The van der Waals surface area contributed by atoms with Crippen LogP contribution in [-0.4, -0.2) is 9.97 Å². The second-order valence-corrected chi connectivity index (χ2v) is 3.72. The number of anilines is 1. The lowest BCUT2D eigenvalue weighted by Gasteiger charge is -2.02. The van der Waals surface area contributed by atoms with Crippen molar-refractivity contribution in [2.45, 2.75) is 13.8 Å². The molecule has 4 nitrogen and oxygen atoms in total. The van der Waals surface area contributed by atoms with E-state index in [0.29, 0.717) is 5.82 Å². The van der Waals surface area contributed by atoms with E-state index in [4.69, 9.17) is 5.84 Å². The Morgan fingerprint density at radius 1 is 1.38 bits per heavy atom. The van der Waals surface area contributed by atoms with Gasteiger partial charge in [-0.15, -0.1) is 11.3 Å². The molecule has 2 aromatic heterocycles. The molecule has 0 aliphatic heterocycles. The summed E-state index contributed by atoms with van der Waals surface area (Å²) in [7, 11) is 0. The Kier molecular flexibility index (Phi) is 1.90. The van der Waals surface area contributed by atoms with Crippen LogP contribution in [-0.2, 0) is 0 Å². The molecule has 0 atom stereocenters. The summed E-state index contributed by atoms with van der Waals surface area (Å²) >= 11 is 1.61. The molecule has 0 saturated heterocycles. The van der Waals surface area contributed by atoms with Crippen molar-refractivity contribution in [1.82, 2.24) is 9.97 Å². The van der Waals surface area contributed by atoms with E-state index in [-0.39, 0.29) is 0 Å². The standard InChI is InChI=1S/C8H10N4S/c1-4-3-13-8-6(4)7(12-9)10-5(2)11-8/h3H,9H2,1-2H3,(H,10,11,12). The maximum atomic E-state index is 5.38. The highest BCUT2D eigenvalue weighted by atomic mass is 32.1. The van der Waals surface area contributed by atoms with Gasteiger partial charge in [0, 0.05) is 0 Å². The zero-order valence-electron chi connectivity index (χ0n) is 7.46. The lowest BCUT2D eigenvalue weighted by atomic mass is 10.2. The summed E-state index contributed by atoms with van der Waals surface area (Å²) in [6.45, 7) is 3.88. The minimum atomic E-state index is 0.709. The fraction of sp³-hybridized carbons (Fsp3) is 0.250. The minimum Gasteiger partial charge on any atom is -0.308 e. The number of hydrazine groups is 1. The third-order valence-electron chi connectivity index (χ3n) is 1.87. The van der Waals surface area contributed by atoms with Crippen molar-refractivity contribution >= 4 is 27.4 Å². The summed E-state index contributed by atoms with van der Waals surface area (Å²) < 4.78 is 0. The lowest BCUT2D eigenvalue weighted by molar-refractivity contribution is 1.08. The Hall–Kier alpha value is -1.20. The van der Waals surface area contributed by atoms with Gasteiger partial charge in [-0.3, -0.25) is 0 Å². The molecule has 2 heterocycles. The van der Waals surface area contributed by atoms with Crippen LogP contribution in [0.4, 0.5) is 5.82 Å². The summed E-state index contributed by atoms with van der Waals surface area (Å²) in [4.78, 5) is 9.51. The average Bonchev–Trinajstić information content (AvgIpc) is 2.46. The molecule has 0 aliphatic rings. The fourth-order valence-electron chi connectivity index (χ4n) is 1.30. The largest absolute Gasteiger partial charge is 0.308 e. The normalized spacial score (nSPS) is 10.7. The second kappa shape index (κ2) is 2.93. The van der Waals surface area contributed by atoms with Crippen LogP contribution in [0.3, 0.4) is 0 Å². The Balaban J connectivity index is 2.85. The van der Waals surface area contributed by atoms with E-state index in [9.17, 15) is 0 Å². The van der Waals surface area contributed by atoms with Gasteiger partial charge < -0.3 is 5.43 Å². The van der Waals surface area contributed by atoms with Crippen LogP contribution in [0.2, 0.25) is 0 Å². The Morgan fingerprint density at radius 2 is 2.15 bits per heavy atom. The molecule has 0 fully saturated rings. The summed E-state index contributed by atoms with van der Waals surface area (Å²) in [5.41, 5.74) is 3.75. The van der Waals surface area contributed by atoms with E-state index in [1.807, 2.05) is 13.8 Å². The molecule has 13 heavy (non-hydrogen) atoms. The van der Waals surface area contributed by atoms with Gasteiger partial charge >= 0.3 is 0 Å². The molecule has 0 amide bonds. The molecule has 0 saturated carbocycles. The van der Waals surface area contributed by atoms with Crippen LogP contribution in [0, 0.1) is 13.8 Å². The van der Waals surface area contributed by atoms with E-state index < -0.39 is 0 Å². The van der Waals surface area contributed by atoms with Crippen LogP contribution < -0.4 is 11.3 Å². The van der Waals surface area contributed by atoms with Crippen molar-refractivity contribution in [1.29, 1.82) is 0 Å². The summed E-state index contributed by atoms with van der Waals surface area (Å²) in [6.07, 6.45) is 0. The SMILES string of the molecule is Cc1nc(NN)c2c(C)csc2n1. The van der Waals surface area contributed by atoms with E-state index in [0.717, 1.165) is 21.6 Å². The van der Waals surface area contributed by atoms with Crippen molar-refractivity contribution in [2.75, 3.05) is 5.43 Å². The predicted octanol–water partition coefficient (Wildman–Crippen LogP) is 1.59. The van der Waals surface area contributed by atoms with Gasteiger partial charge in [-0.25, -0.2) is 15.8 Å². The highest BCUT2D eigenvalue weighted by molar-refractivity contribution is 7.17. The van der Waals surface area contributed by atoms with Gasteiger partial charge in [0.2, 0.25) is 0 Å². The smallest absolute Gasteiger partial charge is 0.152 e. The average molecular weight is 194 g/mol. The number of aromatic nitrogens is 2. The number of nitrogens with zero attached hydrogens (tertiary/aromatic N) is 2. The molecule has 0 radical (unpaired) electrons. The maximum absolute atomic E-state index is 5.38. The first kappa shape index (κ1) is 8.40. The van der Waals surface area contributed by atoms with Gasteiger partial charge in [-0.2, -0.15) is 0 Å². The maximum Gasteiger partial charge on any atom is 0.152 e. The fourth-order valence-corrected chi connectivity index (χ4v) is 2.26. The number of fused-ring (bicyclic) bond motifs is 1. The van der Waals surface area contributed by atoms with E-state index >= 15 is 0 Å². The number of rotatable bonds is 1.